The molecule has 2 heterocycles. The zero-order valence-corrected chi connectivity index (χ0v) is 9.65. The molecule has 0 aromatic carbocycles. The first-order valence-corrected chi connectivity index (χ1v) is 6.16. The van der Waals surface area contributed by atoms with E-state index >= 15 is 0 Å². The number of aromatic amines is 1. The van der Waals surface area contributed by atoms with E-state index in [2.05, 4.69) is 28.1 Å². The summed E-state index contributed by atoms with van der Waals surface area (Å²) < 4.78 is 0. The van der Waals surface area contributed by atoms with Gasteiger partial charge < -0.3 is 4.98 Å². The molecular weight excluding hydrogens is 198 g/mol. The molecule has 1 saturated heterocycles. The minimum absolute atomic E-state index is 0.581. The van der Waals surface area contributed by atoms with Gasteiger partial charge in [0.15, 0.2) is 0 Å². The van der Waals surface area contributed by atoms with Gasteiger partial charge in [0.05, 0.1) is 6.07 Å². The highest BCUT2D eigenvalue weighted by Crippen LogP contribution is 2.30. The van der Waals surface area contributed by atoms with E-state index in [-0.39, 0.29) is 0 Å². The lowest BCUT2D eigenvalue weighted by Gasteiger charge is -2.23. The summed E-state index contributed by atoms with van der Waals surface area (Å²) in [6, 6.07) is 7.04. The molecule has 1 aromatic heterocycles. The number of rotatable bonds is 5. The second-order valence-corrected chi connectivity index (χ2v) is 4.43. The molecule has 86 valence electrons. The molecule has 0 aliphatic carbocycles. The SMILES string of the molecule is N#CCCCCN1CCCC1c1ccc[nH]1. The van der Waals surface area contributed by atoms with E-state index in [4.69, 9.17) is 5.26 Å². The molecule has 1 aromatic rings. The van der Waals surface area contributed by atoms with Gasteiger partial charge >= 0.3 is 0 Å². The Labute approximate surface area is 97.1 Å². The van der Waals surface area contributed by atoms with E-state index in [1.165, 1.54) is 25.1 Å². The molecule has 0 radical (unpaired) electrons. The Morgan fingerprint density at radius 2 is 2.44 bits per heavy atom. The maximum Gasteiger partial charge on any atom is 0.0621 e. The Morgan fingerprint density at radius 1 is 1.50 bits per heavy atom. The van der Waals surface area contributed by atoms with Crippen LogP contribution in [0.5, 0.6) is 0 Å². The Morgan fingerprint density at radius 3 is 3.19 bits per heavy atom. The molecule has 1 N–H and O–H groups in total. The number of hydrogen-bond donors (Lipinski definition) is 1. The highest BCUT2D eigenvalue weighted by Gasteiger charge is 2.25. The van der Waals surface area contributed by atoms with Crippen molar-refractivity contribution < 1.29 is 0 Å². The van der Waals surface area contributed by atoms with E-state index in [9.17, 15) is 0 Å². The zero-order chi connectivity index (χ0) is 11.2. The van der Waals surface area contributed by atoms with Gasteiger partial charge in [-0.1, -0.05) is 0 Å². The fourth-order valence-corrected chi connectivity index (χ4v) is 2.52. The summed E-state index contributed by atoms with van der Waals surface area (Å²) >= 11 is 0. The van der Waals surface area contributed by atoms with Gasteiger partial charge in [0.1, 0.15) is 0 Å². The number of nitriles is 1. The van der Waals surface area contributed by atoms with Crippen molar-refractivity contribution in [1.29, 1.82) is 5.26 Å². The molecule has 1 unspecified atom stereocenters. The number of likely N-dealkylation sites (tertiary alicyclic amines) is 1. The molecule has 3 heteroatoms. The van der Waals surface area contributed by atoms with Gasteiger partial charge in [0.25, 0.3) is 0 Å². The summed E-state index contributed by atoms with van der Waals surface area (Å²) in [6.45, 7) is 2.33. The van der Waals surface area contributed by atoms with Crippen molar-refractivity contribution in [3.05, 3.63) is 24.0 Å². The number of H-pyrrole nitrogens is 1. The van der Waals surface area contributed by atoms with Crippen LogP contribution in [0.25, 0.3) is 0 Å². The van der Waals surface area contributed by atoms with E-state index in [0.717, 1.165) is 19.4 Å². The van der Waals surface area contributed by atoms with Crippen molar-refractivity contribution in [3.8, 4) is 6.07 Å². The lowest BCUT2D eigenvalue weighted by Crippen LogP contribution is -2.24. The van der Waals surface area contributed by atoms with Crippen LogP contribution in [0, 0.1) is 11.3 Å². The fourth-order valence-electron chi connectivity index (χ4n) is 2.52. The van der Waals surface area contributed by atoms with E-state index in [1.807, 2.05) is 6.20 Å². The van der Waals surface area contributed by atoms with Crippen LogP contribution in [0.2, 0.25) is 0 Å². The lowest BCUT2D eigenvalue weighted by molar-refractivity contribution is 0.249. The van der Waals surface area contributed by atoms with Crippen LogP contribution in [0.4, 0.5) is 0 Å². The smallest absolute Gasteiger partial charge is 0.0621 e. The predicted octanol–water partition coefficient (Wildman–Crippen LogP) is 2.85. The summed E-state index contributed by atoms with van der Waals surface area (Å²) in [6.07, 6.45) is 7.43. The van der Waals surface area contributed by atoms with E-state index in [1.54, 1.807) is 0 Å². The number of unbranched alkanes of at least 4 members (excludes halogenated alkanes) is 2. The largest absolute Gasteiger partial charge is 0.364 e. The van der Waals surface area contributed by atoms with Crippen molar-refractivity contribution in [3.63, 3.8) is 0 Å². The monoisotopic (exact) mass is 217 g/mol. The average molecular weight is 217 g/mol. The van der Waals surface area contributed by atoms with Gasteiger partial charge in [-0.05, 0) is 50.9 Å². The number of nitrogens with zero attached hydrogens (tertiary/aromatic N) is 2. The highest BCUT2D eigenvalue weighted by atomic mass is 15.2. The quantitative estimate of drug-likeness (QED) is 0.771. The second-order valence-electron chi connectivity index (χ2n) is 4.43. The minimum Gasteiger partial charge on any atom is -0.364 e. The molecule has 1 aliphatic heterocycles. The predicted molar refractivity (Wildman–Crippen MR) is 63.8 cm³/mol. The fraction of sp³-hybridized carbons (Fsp3) is 0.615. The maximum atomic E-state index is 8.49. The third-order valence-corrected chi connectivity index (χ3v) is 3.33. The lowest BCUT2D eigenvalue weighted by atomic mass is 10.1. The van der Waals surface area contributed by atoms with Crippen LogP contribution in [0.1, 0.15) is 43.8 Å². The average Bonchev–Trinajstić information content (AvgIpc) is 2.94. The topological polar surface area (TPSA) is 42.8 Å². The first kappa shape index (κ1) is 11.2. The first-order chi connectivity index (χ1) is 7.92. The molecule has 0 amide bonds. The van der Waals surface area contributed by atoms with Gasteiger partial charge in [-0.25, -0.2) is 0 Å². The zero-order valence-electron chi connectivity index (χ0n) is 9.65. The summed E-state index contributed by atoms with van der Waals surface area (Å²) in [5, 5.41) is 8.49. The van der Waals surface area contributed by atoms with Crippen molar-refractivity contribution in [2.45, 2.75) is 38.1 Å². The van der Waals surface area contributed by atoms with Crippen LogP contribution < -0.4 is 0 Å². The highest BCUT2D eigenvalue weighted by molar-refractivity contribution is 5.10. The summed E-state index contributed by atoms with van der Waals surface area (Å²) in [5.41, 5.74) is 1.35. The van der Waals surface area contributed by atoms with Gasteiger partial charge in [-0.3, -0.25) is 4.90 Å². The summed E-state index contributed by atoms with van der Waals surface area (Å²) in [7, 11) is 0. The number of nitrogens with one attached hydrogen (secondary N) is 1. The molecule has 1 atom stereocenters. The van der Waals surface area contributed by atoms with Crippen LogP contribution in [-0.2, 0) is 0 Å². The van der Waals surface area contributed by atoms with Crippen LogP contribution >= 0.6 is 0 Å². The van der Waals surface area contributed by atoms with Crippen molar-refractivity contribution >= 4 is 0 Å². The van der Waals surface area contributed by atoms with Gasteiger partial charge in [-0.2, -0.15) is 5.26 Å². The molecule has 0 spiro atoms. The van der Waals surface area contributed by atoms with E-state index in [0.29, 0.717) is 12.5 Å². The third-order valence-electron chi connectivity index (χ3n) is 3.33. The van der Waals surface area contributed by atoms with Crippen molar-refractivity contribution in [1.82, 2.24) is 9.88 Å². The second kappa shape index (κ2) is 5.72. The van der Waals surface area contributed by atoms with E-state index < -0.39 is 0 Å². The Balaban J connectivity index is 1.82. The Bertz CT molecular complexity index is 337. The third kappa shape index (κ3) is 2.65. The molecule has 1 aliphatic rings. The van der Waals surface area contributed by atoms with Crippen LogP contribution in [0.3, 0.4) is 0 Å². The van der Waals surface area contributed by atoms with Gasteiger partial charge in [0.2, 0.25) is 0 Å². The normalized spacial score (nSPS) is 21.1. The Hall–Kier alpha value is -1.27. The maximum absolute atomic E-state index is 8.49. The molecule has 16 heavy (non-hydrogen) atoms. The molecule has 0 bridgehead atoms. The summed E-state index contributed by atoms with van der Waals surface area (Å²) in [4.78, 5) is 5.86. The molecule has 0 saturated carbocycles. The van der Waals surface area contributed by atoms with Gasteiger partial charge in [-0.15, -0.1) is 0 Å². The molecule has 1 fully saturated rings. The molecule has 2 rings (SSSR count). The summed E-state index contributed by atoms with van der Waals surface area (Å²) in [5.74, 6) is 0. The van der Waals surface area contributed by atoms with Crippen LogP contribution in [0.15, 0.2) is 18.3 Å². The number of aromatic nitrogens is 1. The Kier molecular flexibility index (Phi) is 4.01. The standard InChI is InChI=1S/C13H19N3/c14-8-2-1-3-10-16-11-5-7-13(16)12-6-4-9-15-12/h4,6,9,13,15H,1-3,5,7,10-11H2. The minimum atomic E-state index is 0.581. The molecule has 3 nitrogen and oxygen atoms in total. The van der Waals surface area contributed by atoms with Crippen molar-refractivity contribution in [2.24, 2.45) is 0 Å². The van der Waals surface area contributed by atoms with Gasteiger partial charge in [0, 0.05) is 24.4 Å². The molecular formula is C13H19N3. The van der Waals surface area contributed by atoms with Crippen molar-refractivity contribution in [2.75, 3.05) is 13.1 Å². The number of hydrogen-bond acceptors (Lipinski definition) is 2. The van der Waals surface area contributed by atoms with Crippen LogP contribution in [-0.4, -0.2) is 23.0 Å². The first-order valence-electron chi connectivity index (χ1n) is 6.16.